The third kappa shape index (κ3) is 4.75. The number of fused-ring (bicyclic) bond motifs is 11. The number of hydrogen-bond acceptors (Lipinski definition) is 14. The van der Waals surface area contributed by atoms with Gasteiger partial charge in [-0.25, -0.2) is 0 Å². The fraction of sp³-hybridized carbons (Fsp3) is 0.136. The number of carbonyl (C=O) groups excluding carboxylic acids is 4. The summed E-state index contributed by atoms with van der Waals surface area (Å²) >= 11 is 5.97. The minimum atomic E-state index is -0.780. The molecule has 0 N–H and O–H groups in total. The highest BCUT2D eigenvalue weighted by Crippen LogP contribution is 2.64. The van der Waals surface area contributed by atoms with E-state index in [4.69, 9.17) is 9.47 Å². The normalized spacial score (nSPS) is 16.1. The SMILES string of the molecule is CC1(C)Oc2c(sc3c4c(sc23)-c2sc(C=C3C(=O)c5cc(C#N)c(C#N)cc5C3=O)cc2C(C)(C)O4)-c2sc(C=C3C(=O)c4cc(C#N)c(C#N)cc4C3=O)cc21. The molecular weight excluding hydrogens is 809 g/mol. The van der Waals surface area contributed by atoms with Gasteiger partial charge in [0.2, 0.25) is 0 Å². The fourth-order valence-corrected chi connectivity index (χ4v) is 13.2. The molecule has 0 saturated carbocycles. The van der Waals surface area contributed by atoms with Crippen LogP contribution < -0.4 is 9.47 Å². The number of Topliss-reactive ketones (excluding diaryl/α,β-unsaturated/α-hetero) is 4. The Balaban J connectivity index is 1.04. The Bertz CT molecular complexity index is 2990. The number of thiophene rings is 4. The maximum absolute atomic E-state index is 13.5. The van der Waals surface area contributed by atoms with Crippen molar-refractivity contribution in [2.45, 2.75) is 38.9 Å². The van der Waals surface area contributed by atoms with Gasteiger partial charge in [0.05, 0.1) is 62.3 Å². The monoisotopic (exact) mass is 828 g/mol. The van der Waals surface area contributed by atoms with E-state index >= 15 is 0 Å². The molecule has 10 nitrogen and oxygen atoms in total. The number of nitrogens with zero attached hydrogens (tertiary/aromatic N) is 4. The molecule has 6 aromatic rings. The summed E-state index contributed by atoms with van der Waals surface area (Å²) in [6.45, 7) is 7.86. The van der Waals surface area contributed by atoms with Gasteiger partial charge in [0.25, 0.3) is 0 Å². The molecule has 0 fully saturated rings. The summed E-state index contributed by atoms with van der Waals surface area (Å²) in [7, 11) is 0. The molecule has 0 bridgehead atoms. The number of ether oxygens (including phenoxy) is 2. The van der Waals surface area contributed by atoms with Crippen molar-refractivity contribution < 1.29 is 28.7 Å². The lowest BCUT2D eigenvalue weighted by molar-refractivity contribution is 0.0975. The number of carbonyl (C=O) groups is 4. The Kier molecular flexibility index (Phi) is 7.29. The standard InChI is InChI=1S/C44H20N4O6S4/c1-43(2)29-11-21(9-27-31(49)23-5-17(13-45)18(14-46)6-24(23)32(27)50)55-37(29)39-35(53-43)41-42(57-39)36-40(58-41)38-30(44(3,4)54-36)12-22(56-38)10-28-33(51)25-7-19(15-47)20(16-48)8-26(25)34(28)52/h5-12H,1-4H3. The van der Waals surface area contributed by atoms with Crippen LogP contribution in [-0.4, -0.2) is 23.1 Å². The summed E-state index contributed by atoms with van der Waals surface area (Å²) in [5.41, 5.74) is 0.786. The zero-order valence-corrected chi connectivity index (χ0v) is 33.8. The summed E-state index contributed by atoms with van der Waals surface area (Å²) in [4.78, 5) is 58.9. The van der Waals surface area contributed by atoms with Gasteiger partial charge < -0.3 is 9.47 Å². The topological polar surface area (TPSA) is 182 Å². The van der Waals surface area contributed by atoms with Gasteiger partial charge in [-0.05, 0) is 76.2 Å². The van der Waals surface area contributed by atoms with Crippen molar-refractivity contribution in [2.75, 3.05) is 0 Å². The number of benzene rings is 2. The van der Waals surface area contributed by atoms with Crippen LogP contribution in [0.2, 0.25) is 0 Å². The largest absolute Gasteiger partial charge is 0.480 e. The van der Waals surface area contributed by atoms with E-state index in [9.17, 15) is 40.2 Å². The number of rotatable bonds is 2. The second kappa shape index (κ2) is 11.9. The van der Waals surface area contributed by atoms with E-state index in [1.54, 1.807) is 34.8 Å². The Hall–Kier alpha value is -6.78. The summed E-state index contributed by atoms with van der Waals surface area (Å²) in [6, 6.07) is 16.8. The van der Waals surface area contributed by atoms with Crippen molar-refractivity contribution in [2.24, 2.45) is 0 Å². The highest BCUT2D eigenvalue weighted by atomic mass is 32.1. The van der Waals surface area contributed by atoms with E-state index in [0.29, 0.717) is 21.3 Å². The Morgan fingerprint density at radius 2 is 0.793 bits per heavy atom. The first-order valence-electron chi connectivity index (χ1n) is 17.5. The number of nitriles is 4. The van der Waals surface area contributed by atoms with Crippen LogP contribution in [0, 0.1) is 45.3 Å². The van der Waals surface area contributed by atoms with Crippen LogP contribution in [-0.2, 0) is 11.2 Å². The third-order valence-electron chi connectivity index (χ3n) is 10.7. The summed E-state index contributed by atoms with van der Waals surface area (Å²) in [5.74, 6) is -0.548. The first-order chi connectivity index (χ1) is 27.7. The quantitative estimate of drug-likeness (QED) is 0.120. The summed E-state index contributed by atoms with van der Waals surface area (Å²) < 4.78 is 15.3. The van der Waals surface area contributed by atoms with E-state index in [1.165, 1.54) is 46.9 Å². The van der Waals surface area contributed by atoms with Crippen molar-refractivity contribution in [3.8, 4) is 55.3 Å². The third-order valence-corrected chi connectivity index (χ3v) is 15.7. The van der Waals surface area contributed by atoms with Gasteiger partial charge in [-0.3, -0.25) is 19.2 Å². The van der Waals surface area contributed by atoms with E-state index in [-0.39, 0.29) is 55.7 Å². The van der Waals surface area contributed by atoms with Crippen molar-refractivity contribution in [3.63, 3.8) is 0 Å². The lowest BCUT2D eigenvalue weighted by Gasteiger charge is -2.31. The lowest BCUT2D eigenvalue weighted by Crippen LogP contribution is -2.27. The average molecular weight is 829 g/mol. The lowest BCUT2D eigenvalue weighted by atomic mass is 9.94. The molecule has 58 heavy (non-hydrogen) atoms. The molecule has 0 spiro atoms. The van der Waals surface area contributed by atoms with Crippen molar-refractivity contribution in [1.82, 2.24) is 0 Å². The highest BCUT2D eigenvalue weighted by Gasteiger charge is 2.43. The predicted octanol–water partition coefficient (Wildman–Crippen LogP) is 10.1. The Morgan fingerprint density at radius 3 is 1.09 bits per heavy atom. The maximum atomic E-state index is 13.5. The van der Waals surface area contributed by atoms with Gasteiger partial charge in [-0.15, -0.1) is 45.3 Å². The second-order valence-electron chi connectivity index (χ2n) is 15.0. The molecule has 0 atom stereocenters. The zero-order valence-electron chi connectivity index (χ0n) is 30.5. The zero-order chi connectivity index (χ0) is 40.7. The molecule has 0 saturated heterocycles. The van der Waals surface area contributed by atoms with Crippen LogP contribution in [0.1, 0.15) is 112 Å². The molecule has 2 aliphatic heterocycles. The fourth-order valence-electron chi connectivity index (χ4n) is 7.85. The predicted molar refractivity (Wildman–Crippen MR) is 219 cm³/mol. The molecule has 0 radical (unpaired) electrons. The first-order valence-corrected chi connectivity index (χ1v) is 20.8. The van der Waals surface area contributed by atoms with Gasteiger partial charge in [0.1, 0.15) is 35.5 Å². The van der Waals surface area contributed by atoms with Gasteiger partial charge in [0.15, 0.2) is 34.6 Å². The van der Waals surface area contributed by atoms with Crippen LogP contribution in [0.5, 0.6) is 11.5 Å². The van der Waals surface area contributed by atoms with Crippen molar-refractivity contribution in [3.05, 3.63) is 113 Å². The minimum Gasteiger partial charge on any atom is -0.480 e. The maximum Gasteiger partial charge on any atom is 0.197 e. The number of ketones is 4. The van der Waals surface area contributed by atoms with E-state index in [2.05, 4.69) is 0 Å². The summed E-state index contributed by atoms with van der Waals surface area (Å²) in [5, 5.41) is 37.9. The molecule has 0 amide bonds. The molecule has 2 aromatic carbocycles. The van der Waals surface area contributed by atoms with Crippen LogP contribution in [0.25, 0.3) is 41.1 Å². The van der Waals surface area contributed by atoms with Crippen LogP contribution in [0.15, 0.2) is 47.5 Å². The molecule has 14 heteroatoms. The molecule has 2 aliphatic carbocycles. The van der Waals surface area contributed by atoms with Crippen molar-refractivity contribution >= 4 is 90.0 Å². The van der Waals surface area contributed by atoms with E-state index < -0.39 is 34.3 Å². The molecule has 4 aliphatic rings. The average Bonchev–Trinajstić information content (AvgIpc) is 4.04. The van der Waals surface area contributed by atoms with Gasteiger partial charge in [-0.2, -0.15) is 21.0 Å². The van der Waals surface area contributed by atoms with Gasteiger partial charge >= 0.3 is 0 Å². The van der Waals surface area contributed by atoms with Crippen LogP contribution in [0.3, 0.4) is 0 Å². The molecular formula is C44H20N4O6S4. The molecule has 10 rings (SSSR count). The Morgan fingerprint density at radius 1 is 0.483 bits per heavy atom. The molecule has 0 unspecified atom stereocenters. The van der Waals surface area contributed by atoms with E-state index in [0.717, 1.165) is 40.0 Å². The van der Waals surface area contributed by atoms with Crippen LogP contribution in [0.4, 0.5) is 0 Å². The summed E-state index contributed by atoms with van der Waals surface area (Å²) in [6.07, 6.45) is 3.16. The van der Waals surface area contributed by atoms with Gasteiger partial charge in [0, 0.05) is 43.1 Å². The molecule has 4 aromatic heterocycles. The number of hydrogen-bond donors (Lipinski definition) is 0. The second-order valence-corrected chi connectivity index (χ2v) is 19.2. The minimum absolute atomic E-state index is 0.0300. The van der Waals surface area contributed by atoms with Crippen LogP contribution >= 0.6 is 45.3 Å². The van der Waals surface area contributed by atoms with Gasteiger partial charge in [-0.1, -0.05) is 0 Å². The smallest absolute Gasteiger partial charge is 0.197 e. The first kappa shape index (κ1) is 35.6. The molecule has 6 heterocycles. The highest BCUT2D eigenvalue weighted by molar-refractivity contribution is 7.35. The molecule has 276 valence electrons. The van der Waals surface area contributed by atoms with Crippen molar-refractivity contribution in [1.29, 1.82) is 21.0 Å². The Labute approximate surface area is 345 Å². The van der Waals surface area contributed by atoms with E-state index in [1.807, 2.05) is 64.1 Å². The number of allylic oxidation sites excluding steroid dienone is 2.